The van der Waals surface area contributed by atoms with Crippen molar-refractivity contribution in [2.75, 3.05) is 0 Å². The number of halogens is 3. The van der Waals surface area contributed by atoms with Gasteiger partial charge in [-0.05, 0) is 59.8 Å². The molecule has 2 heterocycles. The van der Waals surface area contributed by atoms with Gasteiger partial charge in [0.25, 0.3) is 0 Å². The summed E-state index contributed by atoms with van der Waals surface area (Å²) in [5, 5.41) is 24.0. The highest BCUT2D eigenvalue weighted by Gasteiger charge is 2.51. The minimum atomic E-state index is -4.74. The highest BCUT2D eigenvalue weighted by molar-refractivity contribution is 7.95. The van der Waals surface area contributed by atoms with Gasteiger partial charge in [0.1, 0.15) is 10.6 Å². The van der Waals surface area contributed by atoms with Crippen molar-refractivity contribution in [2.24, 2.45) is 0 Å². The van der Waals surface area contributed by atoms with E-state index in [1.54, 1.807) is 20.8 Å². The average molecular weight is 494 g/mol. The molecule has 0 amide bonds. The highest BCUT2D eigenvalue weighted by atomic mass is 32.2. The van der Waals surface area contributed by atoms with E-state index in [1.807, 2.05) is 0 Å². The van der Waals surface area contributed by atoms with Crippen molar-refractivity contribution in [3.63, 3.8) is 0 Å². The maximum atomic E-state index is 13.8. The lowest BCUT2D eigenvalue weighted by Crippen LogP contribution is -2.49. The number of hydrogen-bond donors (Lipinski definition) is 2. The Balaban J connectivity index is 1.76. The van der Waals surface area contributed by atoms with Crippen LogP contribution < -0.4 is 0 Å². The largest absolute Gasteiger partial charge is 0.413 e. The molecule has 178 valence electrons. The van der Waals surface area contributed by atoms with Crippen LogP contribution in [0.25, 0.3) is 4.96 Å². The third kappa shape index (κ3) is 3.99. The zero-order valence-electron chi connectivity index (χ0n) is 18.2. The fourth-order valence-corrected chi connectivity index (χ4v) is 8.16. The van der Waals surface area contributed by atoms with Crippen LogP contribution in [0.3, 0.4) is 0 Å². The summed E-state index contributed by atoms with van der Waals surface area (Å²) in [7, 11) is -4.22. The fourth-order valence-electron chi connectivity index (χ4n) is 4.65. The molecule has 1 atom stereocenters. The van der Waals surface area contributed by atoms with Crippen molar-refractivity contribution in [3.05, 3.63) is 26.9 Å². The molecular weight excluding hydrogens is 467 g/mol. The number of fused-ring (bicyclic) bond motifs is 1. The first-order valence-corrected chi connectivity index (χ1v) is 12.7. The lowest BCUT2D eigenvalue weighted by Gasteiger charge is -2.41. The number of sulfone groups is 1. The first-order valence-electron chi connectivity index (χ1n) is 10.3. The Hall–Kier alpha value is -1.50. The third-order valence-electron chi connectivity index (χ3n) is 6.30. The van der Waals surface area contributed by atoms with E-state index >= 15 is 0 Å². The average Bonchev–Trinajstić information content (AvgIpc) is 3.14. The summed E-state index contributed by atoms with van der Waals surface area (Å²) in [6, 6.07) is 0. The summed E-state index contributed by atoms with van der Waals surface area (Å²) in [6.07, 6.45) is -5.49. The van der Waals surface area contributed by atoms with Crippen LogP contribution in [0.15, 0.2) is 10.5 Å². The number of rotatable bonds is 4. The number of hydrogen-bond acceptors (Lipinski definition) is 7. The number of imidazole rings is 1. The Labute approximate surface area is 187 Å². The molecule has 12 heteroatoms. The normalized spacial score (nSPS) is 27.8. The number of aliphatic hydroxyl groups is 2. The van der Waals surface area contributed by atoms with Crippen molar-refractivity contribution in [2.45, 2.75) is 88.3 Å². The Kier molecular flexibility index (Phi) is 5.36. The van der Waals surface area contributed by atoms with Crippen LogP contribution in [0.1, 0.15) is 75.2 Å². The van der Waals surface area contributed by atoms with E-state index in [-0.39, 0.29) is 25.7 Å². The molecule has 4 rings (SSSR count). The summed E-state index contributed by atoms with van der Waals surface area (Å²) < 4.78 is 69.2. The summed E-state index contributed by atoms with van der Waals surface area (Å²) in [5.41, 5.74) is -2.22. The number of allylic oxidation sites excluding steroid dienone is 2. The molecule has 2 N–H and O–H groups in total. The standard InChI is InChI=1S/C20H26F3N3O4S2/c1-10-15(26-17(24-10)31-16(25-26)18(2,3)27)11-5-6-13(20(21,22)23)14(7-11)32(29,30)12-8-19(4,28)9-12/h11-12,27-28H,5-9H2,1-4H3. The minimum Gasteiger partial charge on any atom is -0.390 e. The number of aryl methyl sites for hydroxylation is 1. The number of aromatic nitrogens is 3. The Morgan fingerprint density at radius 1 is 1.25 bits per heavy atom. The van der Waals surface area contributed by atoms with Crippen LogP contribution in [-0.4, -0.2) is 50.3 Å². The molecule has 2 aromatic rings. The minimum absolute atomic E-state index is 0.0778. The van der Waals surface area contributed by atoms with E-state index < -0.39 is 55.3 Å². The molecule has 0 radical (unpaired) electrons. The van der Waals surface area contributed by atoms with Gasteiger partial charge in [-0.15, -0.1) is 0 Å². The molecule has 2 aromatic heterocycles. The highest BCUT2D eigenvalue weighted by Crippen LogP contribution is 2.49. The van der Waals surface area contributed by atoms with Gasteiger partial charge in [0.15, 0.2) is 9.84 Å². The second-order valence-corrected chi connectivity index (χ2v) is 12.9. The van der Waals surface area contributed by atoms with Gasteiger partial charge in [-0.1, -0.05) is 11.3 Å². The smallest absolute Gasteiger partial charge is 0.390 e. The van der Waals surface area contributed by atoms with Gasteiger partial charge in [0, 0.05) is 11.5 Å². The molecule has 1 unspecified atom stereocenters. The molecule has 7 nitrogen and oxygen atoms in total. The van der Waals surface area contributed by atoms with E-state index in [9.17, 15) is 31.8 Å². The van der Waals surface area contributed by atoms with Crippen molar-refractivity contribution in [3.8, 4) is 0 Å². The summed E-state index contributed by atoms with van der Waals surface area (Å²) in [5.74, 6) is -0.516. The summed E-state index contributed by atoms with van der Waals surface area (Å²) in [6.45, 7) is 6.36. The quantitative estimate of drug-likeness (QED) is 0.673. The van der Waals surface area contributed by atoms with Gasteiger partial charge in [-0.25, -0.2) is 17.9 Å². The molecule has 0 aliphatic heterocycles. The van der Waals surface area contributed by atoms with E-state index in [4.69, 9.17) is 0 Å². The topological polar surface area (TPSA) is 105 Å². The van der Waals surface area contributed by atoms with Gasteiger partial charge in [0.05, 0.1) is 27.1 Å². The summed E-state index contributed by atoms with van der Waals surface area (Å²) >= 11 is 1.18. The molecule has 0 aromatic carbocycles. The van der Waals surface area contributed by atoms with Crippen LogP contribution >= 0.6 is 11.3 Å². The molecule has 0 bridgehead atoms. The first kappa shape index (κ1) is 23.7. The zero-order chi connectivity index (χ0) is 23.9. The summed E-state index contributed by atoms with van der Waals surface area (Å²) in [4.78, 5) is 4.37. The molecule has 0 spiro atoms. The van der Waals surface area contributed by atoms with Gasteiger partial charge in [0.2, 0.25) is 4.96 Å². The molecule has 0 saturated heterocycles. The van der Waals surface area contributed by atoms with E-state index in [1.165, 1.54) is 22.8 Å². The number of alkyl halides is 3. The van der Waals surface area contributed by atoms with Gasteiger partial charge in [-0.3, -0.25) is 0 Å². The number of nitrogens with zero attached hydrogens (tertiary/aromatic N) is 3. The molecule has 2 aliphatic carbocycles. The maximum Gasteiger partial charge on any atom is 0.413 e. The predicted molar refractivity (Wildman–Crippen MR) is 113 cm³/mol. The second kappa shape index (κ2) is 7.25. The Morgan fingerprint density at radius 3 is 2.41 bits per heavy atom. The van der Waals surface area contributed by atoms with E-state index in [0.29, 0.717) is 21.4 Å². The van der Waals surface area contributed by atoms with E-state index in [0.717, 1.165) is 0 Å². The third-order valence-corrected chi connectivity index (χ3v) is 9.84. The lowest BCUT2D eigenvalue weighted by molar-refractivity contribution is -0.0956. The van der Waals surface area contributed by atoms with Crippen molar-refractivity contribution < 1.29 is 31.8 Å². The van der Waals surface area contributed by atoms with Crippen LogP contribution in [0.5, 0.6) is 0 Å². The maximum absolute atomic E-state index is 13.8. The molecule has 1 fully saturated rings. The van der Waals surface area contributed by atoms with E-state index in [2.05, 4.69) is 10.1 Å². The first-order chi connectivity index (χ1) is 14.5. The lowest BCUT2D eigenvalue weighted by atomic mass is 9.82. The second-order valence-electron chi connectivity index (χ2n) is 9.65. The van der Waals surface area contributed by atoms with Crippen molar-refractivity contribution >= 4 is 26.1 Å². The van der Waals surface area contributed by atoms with Crippen molar-refractivity contribution in [1.29, 1.82) is 0 Å². The molecular formula is C20H26F3N3O4S2. The van der Waals surface area contributed by atoms with Gasteiger partial charge in [-0.2, -0.15) is 18.3 Å². The molecule has 2 aliphatic rings. The Bertz CT molecular complexity index is 1200. The monoisotopic (exact) mass is 493 g/mol. The van der Waals surface area contributed by atoms with Crippen LogP contribution in [-0.2, 0) is 15.4 Å². The van der Waals surface area contributed by atoms with Crippen LogP contribution in [0, 0.1) is 6.92 Å². The van der Waals surface area contributed by atoms with Gasteiger partial charge >= 0.3 is 6.18 Å². The molecule has 1 saturated carbocycles. The van der Waals surface area contributed by atoms with Gasteiger partial charge < -0.3 is 10.2 Å². The zero-order valence-corrected chi connectivity index (χ0v) is 19.8. The van der Waals surface area contributed by atoms with Crippen LogP contribution in [0.4, 0.5) is 13.2 Å². The fraction of sp³-hybridized carbons (Fsp3) is 0.700. The molecule has 32 heavy (non-hydrogen) atoms. The van der Waals surface area contributed by atoms with Crippen LogP contribution in [0.2, 0.25) is 0 Å². The van der Waals surface area contributed by atoms with Crippen molar-refractivity contribution in [1.82, 2.24) is 14.6 Å². The SMILES string of the molecule is Cc1nc2sc(C(C)(C)O)nn2c1C1CCC(C(F)(F)F)=C(S(=O)(=O)C2CC(C)(O)C2)C1. The predicted octanol–water partition coefficient (Wildman–Crippen LogP) is 3.74. The Morgan fingerprint density at radius 2 is 1.88 bits per heavy atom.